The molecule has 0 bridgehead atoms. The number of nitriles is 1. The predicted octanol–water partition coefficient (Wildman–Crippen LogP) is 6.73. The zero-order chi connectivity index (χ0) is 33.7. The molecule has 0 radical (unpaired) electrons. The molecule has 2 saturated heterocycles. The molecule has 3 aromatic heterocycles. The molecule has 2 aliphatic rings. The van der Waals surface area contributed by atoms with Crippen molar-refractivity contribution in [2.24, 2.45) is 5.41 Å². The lowest BCUT2D eigenvalue weighted by Crippen LogP contribution is -2.60. The van der Waals surface area contributed by atoms with Crippen LogP contribution in [0.25, 0.3) is 16.8 Å². The Morgan fingerprint density at radius 3 is 2.56 bits per heavy atom. The zero-order valence-electron chi connectivity index (χ0n) is 26.5. The van der Waals surface area contributed by atoms with Gasteiger partial charge in [-0.15, -0.1) is 0 Å². The molecule has 1 amide bonds. The number of benzene rings is 2. The number of halogens is 1. The number of thiazole rings is 1. The number of anilines is 3. The Balaban J connectivity index is 1.11. The monoisotopic (exact) mass is 666 g/mol. The number of ether oxygens (including phenoxy) is 1. The number of aryl methyl sites for hydroxylation is 2. The van der Waals surface area contributed by atoms with Gasteiger partial charge in [-0.1, -0.05) is 18.3 Å². The largest absolute Gasteiger partial charge is 0.415 e. The highest BCUT2D eigenvalue weighted by Crippen LogP contribution is 2.43. The van der Waals surface area contributed by atoms with Crippen LogP contribution in [0.3, 0.4) is 0 Å². The number of amides is 1. The lowest BCUT2D eigenvalue weighted by Gasteiger charge is -2.47. The molecule has 2 fully saturated rings. The molecule has 0 N–H and O–H groups in total. The minimum Gasteiger partial charge on any atom is -0.410 e. The summed E-state index contributed by atoms with van der Waals surface area (Å²) < 4.78 is 21.0. The van der Waals surface area contributed by atoms with Crippen molar-refractivity contribution < 1.29 is 18.8 Å². The summed E-state index contributed by atoms with van der Waals surface area (Å²) in [6, 6.07) is 18.0. The molecule has 5 aromatic rings. The van der Waals surface area contributed by atoms with Gasteiger partial charge in [0.25, 0.3) is 5.69 Å². The van der Waals surface area contributed by atoms with Crippen molar-refractivity contribution in [3.05, 3.63) is 92.9 Å². The summed E-state index contributed by atoms with van der Waals surface area (Å²) in [5.41, 5.74) is 5.84. The Kier molecular flexibility index (Phi) is 7.71. The first-order chi connectivity index (χ1) is 23.1. The summed E-state index contributed by atoms with van der Waals surface area (Å²) >= 11 is 1.28. The number of fused-ring (bicyclic) bond motifs is 1. The normalized spacial score (nSPS) is 15.1. The Morgan fingerprint density at radius 2 is 1.90 bits per heavy atom. The van der Waals surface area contributed by atoms with Crippen LogP contribution >= 0.6 is 11.3 Å². The van der Waals surface area contributed by atoms with Crippen molar-refractivity contribution in [3.63, 3.8) is 0 Å². The third kappa shape index (κ3) is 5.45. The van der Waals surface area contributed by atoms with Crippen LogP contribution in [0.5, 0.6) is 5.75 Å². The molecule has 12 nitrogen and oxygen atoms in total. The summed E-state index contributed by atoms with van der Waals surface area (Å²) in [7, 11) is 1.93. The first kappa shape index (κ1) is 31.1. The van der Waals surface area contributed by atoms with E-state index in [4.69, 9.17) is 14.8 Å². The highest BCUT2D eigenvalue weighted by molar-refractivity contribution is 7.16. The predicted molar refractivity (Wildman–Crippen MR) is 180 cm³/mol. The molecular formula is C34H31FN8O4S. The van der Waals surface area contributed by atoms with Crippen LogP contribution in [0.1, 0.15) is 29.6 Å². The van der Waals surface area contributed by atoms with Gasteiger partial charge in [-0.2, -0.15) is 10.4 Å². The molecule has 1 spiro atoms. The van der Waals surface area contributed by atoms with Crippen molar-refractivity contribution in [2.75, 3.05) is 43.0 Å². The second kappa shape index (κ2) is 11.9. The molecule has 0 atom stereocenters. The average molecular weight is 667 g/mol. The van der Waals surface area contributed by atoms with E-state index in [9.17, 15) is 24.6 Å². The first-order valence-corrected chi connectivity index (χ1v) is 16.3. The second-order valence-electron chi connectivity index (χ2n) is 12.3. The molecule has 2 aromatic carbocycles. The molecule has 0 aliphatic carbocycles. The number of carbonyl (C=O) groups is 1. The van der Waals surface area contributed by atoms with Crippen LogP contribution in [0.4, 0.5) is 31.4 Å². The molecule has 244 valence electrons. The SMILES string of the molecule is CCc1nn2c(C)cc(N3CCC4(CN(C(=O)Oc5ccc([N+](=O)[O-])cc5)C4)C3)cc2c1N(C)c1nc(-c2ccc(F)cc2)c(C#N)s1. The standard InChI is InChI=1S/C34H31FN8O4S/c1-4-27-31(39(3)32-37-30(29(17-36)48-32)22-5-7-23(35)8-6-22)28-16-25(15-21(2)42(28)38-27)40-14-13-34(18-40)19-41(20-34)33(44)47-26-11-9-24(10-12-26)43(45)46/h5-12,15-16H,4,13-14,18-20H2,1-3H3. The Labute approximate surface area is 279 Å². The fourth-order valence-electron chi connectivity index (χ4n) is 6.65. The van der Waals surface area contributed by atoms with Gasteiger partial charge in [-0.3, -0.25) is 10.1 Å². The summed E-state index contributed by atoms with van der Waals surface area (Å²) in [6.07, 6.45) is 1.15. The van der Waals surface area contributed by atoms with Gasteiger partial charge in [0.05, 0.1) is 21.8 Å². The van der Waals surface area contributed by atoms with E-state index in [0.717, 1.165) is 47.8 Å². The van der Waals surface area contributed by atoms with E-state index in [-0.39, 0.29) is 22.7 Å². The van der Waals surface area contributed by atoms with Crippen molar-refractivity contribution in [2.45, 2.75) is 26.7 Å². The molecule has 7 rings (SSSR count). The lowest BCUT2D eigenvalue weighted by atomic mass is 9.79. The van der Waals surface area contributed by atoms with Gasteiger partial charge in [-0.25, -0.2) is 18.7 Å². The number of aromatic nitrogens is 3. The van der Waals surface area contributed by atoms with Gasteiger partial charge in [0.15, 0.2) is 5.13 Å². The van der Waals surface area contributed by atoms with Crippen LogP contribution in [0.2, 0.25) is 0 Å². The Morgan fingerprint density at radius 1 is 1.17 bits per heavy atom. The molecule has 0 saturated carbocycles. The van der Waals surface area contributed by atoms with Crippen LogP contribution in [-0.2, 0) is 6.42 Å². The average Bonchev–Trinajstić information content (AvgIpc) is 3.80. The second-order valence-corrected chi connectivity index (χ2v) is 13.3. The van der Waals surface area contributed by atoms with Crippen LogP contribution in [0, 0.1) is 39.6 Å². The van der Waals surface area contributed by atoms with Gasteiger partial charge in [-0.05, 0) is 68.3 Å². The molecule has 5 heterocycles. The third-order valence-corrected chi connectivity index (χ3v) is 10.1. The fraction of sp³-hybridized carbons (Fsp3) is 0.294. The van der Waals surface area contributed by atoms with Crippen molar-refractivity contribution in [1.82, 2.24) is 19.5 Å². The van der Waals surface area contributed by atoms with E-state index in [2.05, 4.69) is 30.0 Å². The fourth-order valence-corrected chi connectivity index (χ4v) is 7.50. The minimum absolute atomic E-state index is 0.0473. The van der Waals surface area contributed by atoms with Crippen LogP contribution in [0.15, 0.2) is 60.7 Å². The number of pyridine rings is 1. The number of nitro groups is 1. The van der Waals surface area contributed by atoms with Crippen molar-refractivity contribution >= 4 is 45.1 Å². The van der Waals surface area contributed by atoms with E-state index < -0.39 is 11.0 Å². The maximum absolute atomic E-state index is 13.6. The topological polar surface area (TPSA) is 133 Å². The van der Waals surface area contributed by atoms with Crippen molar-refractivity contribution in [3.8, 4) is 23.1 Å². The smallest absolute Gasteiger partial charge is 0.410 e. The molecule has 2 aliphatic heterocycles. The quantitative estimate of drug-likeness (QED) is 0.137. The number of rotatable bonds is 7. The third-order valence-electron chi connectivity index (χ3n) is 9.10. The maximum Gasteiger partial charge on any atom is 0.415 e. The number of nitro benzene ring substituents is 1. The zero-order valence-corrected chi connectivity index (χ0v) is 27.3. The Hall–Kier alpha value is -5.55. The van der Waals surface area contributed by atoms with Gasteiger partial charge >= 0.3 is 6.09 Å². The first-order valence-electron chi connectivity index (χ1n) is 15.5. The number of likely N-dealkylation sites (tertiary alicyclic amines) is 1. The number of hydrogen-bond donors (Lipinski definition) is 0. The van der Waals surface area contributed by atoms with Crippen LogP contribution in [-0.4, -0.2) is 63.7 Å². The molecule has 48 heavy (non-hydrogen) atoms. The van der Waals surface area contributed by atoms with E-state index in [0.29, 0.717) is 40.8 Å². The summed E-state index contributed by atoms with van der Waals surface area (Å²) in [5.74, 6) is -0.0830. The van der Waals surface area contributed by atoms with E-state index in [1.165, 1.54) is 47.7 Å². The minimum atomic E-state index is -0.497. The van der Waals surface area contributed by atoms with Gasteiger partial charge < -0.3 is 19.4 Å². The van der Waals surface area contributed by atoms with Gasteiger partial charge in [0.2, 0.25) is 0 Å². The highest BCUT2D eigenvalue weighted by Gasteiger charge is 2.50. The van der Waals surface area contributed by atoms with Crippen LogP contribution < -0.4 is 14.5 Å². The number of hydrogen-bond acceptors (Lipinski definition) is 10. The number of nitrogens with zero attached hydrogens (tertiary/aromatic N) is 8. The van der Waals surface area contributed by atoms with Gasteiger partial charge in [0, 0.05) is 67.7 Å². The van der Waals surface area contributed by atoms with E-state index >= 15 is 0 Å². The lowest BCUT2D eigenvalue weighted by molar-refractivity contribution is -0.384. The molecule has 0 unspecified atom stereocenters. The number of carbonyl (C=O) groups excluding carboxylic acids is 1. The van der Waals surface area contributed by atoms with E-state index in [1.54, 1.807) is 17.0 Å². The number of non-ortho nitro benzene ring substituents is 1. The molecule has 14 heteroatoms. The maximum atomic E-state index is 13.6. The summed E-state index contributed by atoms with van der Waals surface area (Å²) in [6.45, 7) is 6.84. The van der Waals surface area contributed by atoms with Gasteiger partial charge in [0.1, 0.15) is 28.2 Å². The Bertz CT molecular complexity index is 2100. The summed E-state index contributed by atoms with van der Waals surface area (Å²) in [4.78, 5) is 34.5. The highest BCUT2D eigenvalue weighted by atomic mass is 32.1. The molecular weight excluding hydrogens is 635 g/mol. The van der Waals surface area contributed by atoms with Crippen molar-refractivity contribution in [1.29, 1.82) is 5.26 Å². The van der Waals surface area contributed by atoms with E-state index in [1.807, 2.05) is 23.4 Å². The summed E-state index contributed by atoms with van der Waals surface area (Å²) in [5, 5.41) is 26.4.